The fourth-order valence-electron chi connectivity index (χ4n) is 2.48. The van der Waals surface area contributed by atoms with Crippen LogP contribution in [0.2, 0.25) is 0 Å². The first-order valence-corrected chi connectivity index (χ1v) is 8.16. The predicted molar refractivity (Wildman–Crippen MR) is 90.5 cm³/mol. The van der Waals surface area contributed by atoms with E-state index < -0.39 is 0 Å². The molecule has 2 unspecified atom stereocenters. The minimum absolute atomic E-state index is 0.687. The van der Waals surface area contributed by atoms with Crippen LogP contribution in [0.3, 0.4) is 0 Å². The van der Waals surface area contributed by atoms with E-state index in [-0.39, 0.29) is 0 Å². The van der Waals surface area contributed by atoms with Crippen molar-refractivity contribution in [3.05, 3.63) is 30.3 Å². The Bertz CT molecular complexity index is 337. The zero-order valence-electron chi connectivity index (χ0n) is 13.7. The lowest BCUT2D eigenvalue weighted by molar-refractivity contribution is 0.384. The molecule has 0 amide bonds. The molecular formula is C18H32N2. The summed E-state index contributed by atoms with van der Waals surface area (Å²) in [4.78, 5) is 2.33. The highest BCUT2D eigenvalue weighted by atomic mass is 15.1. The van der Waals surface area contributed by atoms with E-state index in [9.17, 15) is 0 Å². The van der Waals surface area contributed by atoms with Crippen molar-refractivity contribution in [3.8, 4) is 0 Å². The summed E-state index contributed by atoms with van der Waals surface area (Å²) in [6.07, 6.45) is 5.03. The zero-order chi connectivity index (χ0) is 14.8. The van der Waals surface area contributed by atoms with Gasteiger partial charge < -0.3 is 10.2 Å². The number of nitrogens with zero attached hydrogens (tertiary/aromatic N) is 1. The Hall–Kier alpha value is -1.02. The van der Waals surface area contributed by atoms with Gasteiger partial charge in [0.1, 0.15) is 0 Å². The molecule has 0 aliphatic carbocycles. The average molecular weight is 276 g/mol. The van der Waals surface area contributed by atoms with E-state index in [0.717, 1.165) is 19.0 Å². The zero-order valence-corrected chi connectivity index (χ0v) is 13.7. The first-order valence-electron chi connectivity index (χ1n) is 8.16. The molecule has 20 heavy (non-hydrogen) atoms. The summed E-state index contributed by atoms with van der Waals surface area (Å²) in [5, 5.41) is 3.71. The van der Waals surface area contributed by atoms with E-state index in [1.165, 1.54) is 31.4 Å². The Morgan fingerprint density at radius 3 is 2.40 bits per heavy atom. The van der Waals surface area contributed by atoms with Crippen LogP contribution < -0.4 is 10.2 Å². The van der Waals surface area contributed by atoms with E-state index in [1.807, 2.05) is 0 Å². The number of hydrogen-bond acceptors (Lipinski definition) is 2. The molecular weight excluding hydrogens is 244 g/mol. The molecule has 1 aromatic rings. The van der Waals surface area contributed by atoms with Gasteiger partial charge in [0.15, 0.2) is 0 Å². The molecule has 0 aliphatic rings. The smallest absolute Gasteiger partial charge is 0.0363 e. The highest BCUT2D eigenvalue weighted by Crippen LogP contribution is 2.13. The van der Waals surface area contributed by atoms with Crippen LogP contribution in [0.15, 0.2) is 30.3 Å². The SMILES string of the molecule is CCC(C)CC(CC)NCCCN(C)c1ccccc1. The normalized spacial score (nSPS) is 14.0. The van der Waals surface area contributed by atoms with Crippen molar-refractivity contribution in [1.29, 1.82) is 0 Å². The van der Waals surface area contributed by atoms with E-state index in [4.69, 9.17) is 0 Å². The lowest BCUT2D eigenvalue weighted by atomic mass is 9.98. The summed E-state index contributed by atoms with van der Waals surface area (Å²) in [5.41, 5.74) is 1.30. The first kappa shape index (κ1) is 17.0. The average Bonchev–Trinajstić information content (AvgIpc) is 2.50. The number of anilines is 1. The molecule has 0 bridgehead atoms. The van der Waals surface area contributed by atoms with Crippen molar-refractivity contribution in [1.82, 2.24) is 5.32 Å². The van der Waals surface area contributed by atoms with Gasteiger partial charge in [0.05, 0.1) is 0 Å². The van der Waals surface area contributed by atoms with Crippen LogP contribution >= 0.6 is 0 Å². The maximum atomic E-state index is 3.71. The molecule has 1 rings (SSSR count). The summed E-state index contributed by atoms with van der Waals surface area (Å²) < 4.78 is 0. The maximum Gasteiger partial charge on any atom is 0.0363 e. The van der Waals surface area contributed by atoms with Gasteiger partial charge in [-0.15, -0.1) is 0 Å². The fourth-order valence-corrected chi connectivity index (χ4v) is 2.48. The predicted octanol–water partition coefficient (Wildman–Crippen LogP) is 4.32. The third-order valence-electron chi connectivity index (χ3n) is 4.18. The van der Waals surface area contributed by atoms with Gasteiger partial charge in [-0.25, -0.2) is 0 Å². The topological polar surface area (TPSA) is 15.3 Å². The number of benzene rings is 1. The van der Waals surface area contributed by atoms with Crippen LogP contribution in [-0.2, 0) is 0 Å². The molecule has 2 heteroatoms. The van der Waals surface area contributed by atoms with Gasteiger partial charge in [0, 0.05) is 25.3 Å². The van der Waals surface area contributed by atoms with Gasteiger partial charge in [0.25, 0.3) is 0 Å². The molecule has 114 valence electrons. The summed E-state index contributed by atoms with van der Waals surface area (Å²) in [5.74, 6) is 0.833. The Morgan fingerprint density at radius 2 is 1.80 bits per heavy atom. The van der Waals surface area contributed by atoms with Gasteiger partial charge in [-0.2, -0.15) is 0 Å². The van der Waals surface area contributed by atoms with Crippen molar-refractivity contribution >= 4 is 5.69 Å². The van der Waals surface area contributed by atoms with Crippen molar-refractivity contribution in [2.45, 2.75) is 52.5 Å². The molecule has 0 saturated heterocycles. The molecule has 0 spiro atoms. The van der Waals surface area contributed by atoms with Crippen molar-refractivity contribution < 1.29 is 0 Å². The summed E-state index contributed by atoms with van der Waals surface area (Å²) in [6.45, 7) is 9.15. The molecule has 0 aliphatic heterocycles. The maximum absolute atomic E-state index is 3.71. The van der Waals surface area contributed by atoms with Crippen LogP contribution in [0, 0.1) is 5.92 Å². The number of rotatable bonds is 10. The second-order valence-corrected chi connectivity index (χ2v) is 5.92. The quantitative estimate of drug-likeness (QED) is 0.640. The van der Waals surface area contributed by atoms with E-state index in [1.54, 1.807) is 0 Å². The molecule has 1 aromatic carbocycles. The third-order valence-corrected chi connectivity index (χ3v) is 4.18. The molecule has 0 aromatic heterocycles. The largest absolute Gasteiger partial charge is 0.375 e. The summed E-state index contributed by atoms with van der Waals surface area (Å²) >= 11 is 0. The van der Waals surface area contributed by atoms with Crippen molar-refractivity contribution in [2.24, 2.45) is 5.92 Å². The Morgan fingerprint density at radius 1 is 1.10 bits per heavy atom. The highest BCUT2D eigenvalue weighted by Gasteiger charge is 2.09. The molecule has 0 heterocycles. The highest BCUT2D eigenvalue weighted by molar-refractivity contribution is 5.44. The van der Waals surface area contributed by atoms with E-state index in [2.05, 4.69) is 68.4 Å². The second kappa shape index (κ2) is 9.82. The Kier molecular flexibility index (Phi) is 8.36. The monoisotopic (exact) mass is 276 g/mol. The van der Waals surface area contributed by atoms with Crippen molar-refractivity contribution in [2.75, 3.05) is 25.0 Å². The lowest BCUT2D eigenvalue weighted by Crippen LogP contribution is -2.32. The van der Waals surface area contributed by atoms with Gasteiger partial charge in [-0.3, -0.25) is 0 Å². The Labute approximate surface area is 125 Å². The fraction of sp³-hybridized carbons (Fsp3) is 0.667. The van der Waals surface area contributed by atoms with Gasteiger partial charge >= 0.3 is 0 Å². The molecule has 0 fully saturated rings. The van der Waals surface area contributed by atoms with E-state index >= 15 is 0 Å². The Balaban J connectivity index is 2.20. The number of para-hydroxylation sites is 1. The van der Waals surface area contributed by atoms with Crippen LogP contribution in [0.1, 0.15) is 46.5 Å². The molecule has 2 nitrogen and oxygen atoms in total. The minimum atomic E-state index is 0.687. The molecule has 2 atom stereocenters. The standard InChI is InChI=1S/C18H32N2/c1-5-16(3)15-17(6-2)19-13-10-14-20(4)18-11-8-7-9-12-18/h7-9,11-12,16-17,19H,5-6,10,13-15H2,1-4H3. The first-order chi connectivity index (χ1) is 9.67. The summed E-state index contributed by atoms with van der Waals surface area (Å²) in [7, 11) is 2.17. The molecule has 0 radical (unpaired) electrons. The van der Waals surface area contributed by atoms with Gasteiger partial charge in [-0.05, 0) is 43.9 Å². The van der Waals surface area contributed by atoms with Gasteiger partial charge in [0.2, 0.25) is 0 Å². The third kappa shape index (κ3) is 6.42. The number of nitrogens with one attached hydrogen (secondary N) is 1. The minimum Gasteiger partial charge on any atom is -0.375 e. The number of hydrogen-bond donors (Lipinski definition) is 1. The summed E-state index contributed by atoms with van der Waals surface area (Å²) in [6, 6.07) is 11.3. The van der Waals surface area contributed by atoms with Gasteiger partial charge in [-0.1, -0.05) is 45.4 Å². The van der Waals surface area contributed by atoms with Crippen molar-refractivity contribution in [3.63, 3.8) is 0 Å². The second-order valence-electron chi connectivity index (χ2n) is 5.92. The lowest BCUT2D eigenvalue weighted by Gasteiger charge is -2.22. The van der Waals surface area contributed by atoms with E-state index in [0.29, 0.717) is 6.04 Å². The van der Waals surface area contributed by atoms with Crippen LogP contribution in [0.4, 0.5) is 5.69 Å². The van der Waals surface area contributed by atoms with Crippen LogP contribution in [0.25, 0.3) is 0 Å². The molecule has 1 N–H and O–H groups in total. The van der Waals surface area contributed by atoms with Crippen LogP contribution in [-0.4, -0.2) is 26.2 Å². The molecule has 0 saturated carbocycles. The van der Waals surface area contributed by atoms with Crippen LogP contribution in [0.5, 0.6) is 0 Å².